The van der Waals surface area contributed by atoms with E-state index in [9.17, 15) is 12.9 Å². The van der Waals surface area contributed by atoms with Crippen molar-refractivity contribution in [3.8, 4) is 0 Å². The first kappa shape index (κ1) is 45.3. The Morgan fingerprint density at radius 2 is 1.08 bits per heavy atom. The molecule has 4 aliphatic rings. The van der Waals surface area contributed by atoms with Crippen molar-refractivity contribution in [2.45, 2.75) is 170 Å². The highest BCUT2D eigenvalue weighted by Crippen LogP contribution is 2.73. The van der Waals surface area contributed by atoms with E-state index in [1.165, 1.54) is 97.6 Å². The summed E-state index contributed by atoms with van der Waals surface area (Å²) in [4.78, 5) is 0. The smallest absolute Gasteiger partial charge is 0.762 e. The normalized spacial score (nSPS) is 21.5. The van der Waals surface area contributed by atoms with Crippen LogP contribution in [0.3, 0.4) is 0 Å². The lowest BCUT2D eigenvalue weighted by atomic mass is 9.91. The molecule has 0 saturated heterocycles. The second kappa shape index (κ2) is 20.5. The van der Waals surface area contributed by atoms with E-state index >= 15 is 0 Å². The lowest BCUT2D eigenvalue weighted by Crippen LogP contribution is -3.00. The summed E-state index contributed by atoms with van der Waals surface area (Å²) in [7, 11) is -4.18. The summed E-state index contributed by atoms with van der Waals surface area (Å²) in [6, 6.07) is 9.27. The predicted molar refractivity (Wildman–Crippen MR) is 217 cm³/mol. The van der Waals surface area contributed by atoms with Gasteiger partial charge in [-0.15, -0.1) is 0 Å². The Morgan fingerprint density at radius 1 is 0.667 bits per heavy atom. The second-order valence-electron chi connectivity index (χ2n) is 15.5. The average Bonchev–Trinajstić information content (AvgIpc) is 3.45. The fourth-order valence-electron chi connectivity index (χ4n) is 9.86. The highest BCUT2D eigenvalue weighted by Gasteiger charge is 2.56. The van der Waals surface area contributed by atoms with Gasteiger partial charge in [0.15, 0.2) is 0 Å². The maximum atomic E-state index is 9.67. The molecule has 0 heterocycles. The molecule has 2 aromatic rings. The molecule has 2 aromatic carbocycles. The van der Waals surface area contributed by atoms with Crippen LogP contribution in [0.1, 0.15) is 170 Å². The first-order chi connectivity index (χ1) is 23.6. The van der Waals surface area contributed by atoms with E-state index in [1.807, 2.05) is 13.8 Å². The molecule has 0 spiro atoms. The zero-order valence-electron chi connectivity index (χ0n) is 34.0. The number of benzene rings is 2. The maximum Gasteiger partial charge on any atom is 0.762 e. The molecule has 51 heavy (non-hydrogen) atoms. The number of aryl methyl sites for hydroxylation is 4. The maximum absolute atomic E-state index is 9.67. The third-order valence-electron chi connectivity index (χ3n) is 12.6. The van der Waals surface area contributed by atoms with Crippen molar-refractivity contribution in [1.82, 2.24) is 0 Å². The third-order valence-corrected chi connectivity index (χ3v) is 17.3. The molecule has 286 valence electrons. The van der Waals surface area contributed by atoms with E-state index in [0.717, 1.165) is 24.5 Å². The van der Waals surface area contributed by atoms with Crippen molar-refractivity contribution < 1.29 is 22.4 Å². The molecule has 0 radical (unpaired) electrons. The molecule has 7 heteroatoms. The average molecular weight is 731 g/mol. The summed E-state index contributed by atoms with van der Waals surface area (Å²) < 4.78 is 33.8. The van der Waals surface area contributed by atoms with Crippen molar-refractivity contribution in [3.63, 3.8) is 0 Å². The van der Waals surface area contributed by atoms with Crippen LogP contribution in [0.2, 0.25) is 0 Å². The summed E-state index contributed by atoms with van der Waals surface area (Å²) >= 11 is 0. The van der Waals surface area contributed by atoms with Crippen LogP contribution in [0.25, 0.3) is 11.1 Å². The second-order valence-corrected chi connectivity index (χ2v) is 19.0. The highest BCUT2D eigenvalue weighted by atomic mass is 31.1. The summed E-state index contributed by atoms with van der Waals surface area (Å²) in [6.07, 6.45) is 15.0. The Hall–Kier alpha value is -1.91. The number of hydrogen-bond acceptors (Lipinski definition) is 1. The number of fused-ring (bicyclic) bond motifs is 2. The van der Waals surface area contributed by atoms with E-state index < -0.39 is 15.5 Å². The number of halogens is 4. The number of ether oxygens (including phenoxy) is 1. The Balaban J connectivity index is 0.000000313. The zero-order chi connectivity index (χ0) is 37.3. The van der Waals surface area contributed by atoms with Crippen LogP contribution in [-0.4, -0.2) is 32.1 Å². The first-order valence-electron chi connectivity index (χ1n) is 19.6. The van der Waals surface area contributed by atoms with Gasteiger partial charge in [0.2, 0.25) is 0 Å². The van der Waals surface area contributed by atoms with Crippen molar-refractivity contribution in [1.29, 1.82) is 0 Å². The van der Waals surface area contributed by atoms with Gasteiger partial charge in [0.1, 0.15) is 5.16 Å². The van der Waals surface area contributed by atoms with Gasteiger partial charge < -0.3 is 9.44 Å². The van der Waals surface area contributed by atoms with E-state index in [2.05, 4.69) is 93.5 Å². The van der Waals surface area contributed by atoms with Crippen LogP contribution in [0.15, 0.2) is 35.4 Å². The van der Waals surface area contributed by atoms with Crippen LogP contribution in [0.4, 0.5) is 12.9 Å². The van der Waals surface area contributed by atoms with Crippen LogP contribution < -0.4 is 4.70 Å². The Morgan fingerprint density at radius 3 is 1.49 bits per heavy atom. The summed E-state index contributed by atoms with van der Waals surface area (Å²) in [5, 5.41) is 0.351. The van der Waals surface area contributed by atoms with Crippen LogP contribution >= 0.6 is 7.92 Å². The minimum absolute atomic E-state index is 0. The molecule has 0 aliphatic heterocycles. The van der Waals surface area contributed by atoms with Crippen LogP contribution in [-0.2, 0) is 9.89 Å². The molecule has 0 amide bonds. The fourth-order valence-corrected chi connectivity index (χ4v) is 15.4. The van der Waals surface area contributed by atoms with E-state index in [-0.39, 0.29) is 4.70 Å². The minimum atomic E-state index is -3.67. The number of allylic oxidation sites excluding steroid dienone is 4. The molecule has 0 bridgehead atoms. The lowest BCUT2D eigenvalue weighted by molar-refractivity contribution is -0.0000146. The van der Waals surface area contributed by atoms with E-state index in [0.29, 0.717) is 11.1 Å². The SMILES string of the molecule is CC1=C(C)C(C)([PH+](C2CCCCC2)C2CCCCC2)c2c(C)ccc(C)c21.CC1=C(C)C(C)c2c(C)ccc(C)c21.CCOCC.FB(F)F.[F-]. The minimum Gasteiger partial charge on any atom is -1.00 e. The quantitative estimate of drug-likeness (QED) is 0.169. The molecule has 2 saturated carbocycles. The molecule has 1 nitrogen and oxygen atoms in total. The van der Waals surface area contributed by atoms with Crippen molar-refractivity contribution in [2.24, 2.45) is 0 Å². The van der Waals surface area contributed by atoms with E-state index in [4.69, 9.17) is 4.74 Å². The van der Waals surface area contributed by atoms with Gasteiger partial charge >= 0.3 is 7.54 Å². The molecule has 6 rings (SSSR count). The Labute approximate surface area is 311 Å². The predicted octanol–water partition coefficient (Wildman–Crippen LogP) is 11.3. The molecule has 4 aliphatic carbocycles. The van der Waals surface area contributed by atoms with Gasteiger partial charge in [-0.25, -0.2) is 0 Å². The topological polar surface area (TPSA) is 9.23 Å². The largest absolute Gasteiger partial charge is 1.00 e. The zero-order valence-corrected chi connectivity index (χ0v) is 35.0. The standard InChI is InChI=1S/C26H39P.C14H18.C4H10O.BF3.FH/c1-18-16-17-19(2)25-24(18)20(3)21(4)26(25,5)27(22-12-8-6-9-13-22)23-14-10-7-11-15-23;1-8-6-7-9(2)14-12(5)10(3)11(4)13(8)14;1-3-5-4-2;2-1(3)4;/h16-17,22-23H,6-15H2,1-5H3;6-7,11H,1-5H3;3-4H2,1-2H3;;1H. The third kappa shape index (κ3) is 10.2. The fraction of sp³-hybridized carbons (Fsp3) is 0.636. The molecular formula is C44H68BF4OP. The van der Waals surface area contributed by atoms with Crippen molar-refractivity contribution >= 4 is 26.6 Å². The van der Waals surface area contributed by atoms with Crippen molar-refractivity contribution in [2.75, 3.05) is 13.2 Å². The molecule has 2 unspecified atom stereocenters. The van der Waals surface area contributed by atoms with Crippen LogP contribution in [0, 0.1) is 27.7 Å². The van der Waals surface area contributed by atoms with Gasteiger partial charge in [-0.2, -0.15) is 0 Å². The Kier molecular flexibility index (Phi) is 18.2. The summed E-state index contributed by atoms with van der Waals surface area (Å²) in [6.45, 7) is 29.3. The first-order valence-corrected chi connectivity index (χ1v) is 21.2. The Bertz CT molecular complexity index is 1470. The molecule has 2 atom stereocenters. The summed E-state index contributed by atoms with van der Waals surface area (Å²) in [5.41, 5.74) is 20.8. The lowest BCUT2D eigenvalue weighted by Gasteiger charge is -2.43. The van der Waals surface area contributed by atoms with Crippen LogP contribution in [0.5, 0.6) is 0 Å². The molecule has 0 aromatic heterocycles. The van der Waals surface area contributed by atoms with Gasteiger partial charge in [0, 0.05) is 32.6 Å². The molecule has 2 fully saturated rings. The molecule has 0 N–H and O–H groups in total. The monoisotopic (exact) mass is 731 g/mol. The van der Waals surface area contributed by atoms with Crippen molar-refractivity contribution in [3.05, 3.63) is 79.9 Å². The number of hydrogen-bond donors (Lipinski definition) is 0. The van der Waals surface area contributed by atoms with Gasteiger partial charge in [-0.1, -0.05) is 49.6 Å². The van der Waals surface area contributed by atoms with Gasteiger partial charge in [-0.05, 0) is 183 Å². The highest BCUT2D eigenvalue weighted by molar-refractivity contribution is 7.60. The molecular weight excluding hydrogens is 662 g/mol. The summed E-state index contributed by atoms with van der Waals surface area (Å²) in [5.74, 6) is 0.616. The van der Waals surface area contributed by atoms with Gasteiger partial charge in [-0.3, -0.25) is 12.9 Å². The van der Waals surface area contributed by atoms with Gasteiger partial charge in [0.25, 0.3) is 0 Å². The number of rotatable bonds is 5. The van der Waals surface area contributed by atoms with E-state index in [1.54, 1.807) is 33.4 Å². The van der Waals surface area contributed by atoms with Gasteiger partial charge in [0.05, 0.1) is 11.3 Å².